The van der Waals surface area contributed by atoms with Crippen molar-refractivity contribution in [2.24, 2.45) is 0 Å². The number of hydrogen-bond acceptors (Lipinski definition) is 3. The molecule has 0 saturated carbocycles. The molecule has 2 rings (SSSR count). The minimum absolute atomic E-state index is 0.374. The van der Waals surface area contributed by atoms with Gasteiger partial charge in [-0.2, -0.15) is 0 Å². The van der Waals surface area contributed by atoms with Gasteiger partial charge in [-0.25, -0.2) is 0 Å². The lowest BCUT2D eigenvalue weighted by atomic mass is 9.99. The Morgan fingerprint density at radius 1 is 1.30 bits per heavy atom. The van der Waals surface area contributed by atoms with Crippen LogP contribution in [0.3, 0.4) is 0 Å². The van der Waals surface area contributed by atoms with E-state index in [0.717, 1.165) is 51.2 Å². The van der Waals surface area contributed by atoms with Gasteiger partial charge in [0.25, 0.3) is 0 Å². The summed E-state index contributed by atoms with van der Waals surface area (Å²) in [5, 5.41) is 3.60. The lowest BCUT2D eigenvalue weighted by Gasteiger charge is -2.24. The average molecular weight is 275 g/mol. The number of hydrogen-bond donors (Lipinski definition) is 1. The Kier molecular flexibility index (Phi) is 6.45. The Morgan fingerprint density at radius 3 is 2.85 bits per heavy atom. The molecular weight excluding hydrogens is 250 g/mol. The maximum atomic E-state index is 5.80. The molecule has 1 heterocycles. The number of nitrogens with one attached hydrogen (secondary N) is 1. The summed E-state index contributed by atoms with van der Waals surface area (Å²) in [7, 11) is 0. The third kappa shape index (κ3) is 4.89. The number of benzene rings is 1. The summed E-state index contributed by atoms with van der Waals surface area (Å²) < 4.78 is 11.3. The first-order valence-corrected chi connectivity index (χ1v) is 7.62. The average Bonchev–Trinajstić information content (AvgIpc) is 2.52. The Labute approximate surface area is 122 Å². The van der Waals surface area contributed by atoms with Gasteiger partial charge in [0.05, 0.1) is 19.5 Å². The summed E-state index contributed by atoms with van der Waals surface area (Å²) in [6.45, 7) is 4.80. The third-order valence-electron chi connectivity index (χ3n) is 3.47. The van der Waals surface area contributed by atoms with Gasteiger partial charge in [-0.3, -0.25) is 0 Å². The fourth-order valence-electron chi connectivity index (χ4n) is 2.39. The van der Waals surface area contributed by atoms with Crippen LogP contribution >= 0.6 is 0 Å². The van der Waals surface area contributed by atoms with E-state index in [0.29, 0.717) is 6.04 Å². The van der Waals surface area contributed by atoms with Crippen molar-refractivity contribution in [2.45, 2.75) is 38.6 Å². The summed E-state index contributed by atoms with van der Waals surface area (Å²) in [6, 6.07) is 10.4. The molecule has 0 saturated heterocycles. The van der Waals surface area contributed by atoms with Crippen molar-refractivity contribution in [3.05, 3.63) is 42.2 Å². The molecule has 3 heteroatoms. The van der Waals surface area contributed by atoms with Crippen molar-refractivity contribution in [1.29, 1.82) is 0 Å². The highest BCUT2D eigenvalue weighted by Gasteiger charge is 2.16. The number of rotatable bonds is 8. The lowest BCUT2D eigenvalue weighted by Crippen LogP contribution is -2.34. The van der Waals surface area contributed by atoms with Crippen LogP contribution in [0.5, 0.6) is 5.75 Å². The molecule has 3 nitrogen and oxygen atoms in total. The van der Waals surface area contributed by atoms with Crippen LogP contribution in [0.4, 0.5) is 0 Å². The second kappa shape index (κ2) is 8.64. The van der Waals surface area contributed by atoms with E-state index in [-0.39, 0.29) is 0 Å². The maximum Gasteiger partial charge on any atom is 0.119 e. The summed E-state index contributed by atoms with van der Waals surface area (Å²) >= 11 is 0. The van der Waals surface area contributed by atoms with Gasteiger partial charge in [-0.1, -0.05) is 25.1 Å². The maximum absolute atomic E-state index is 5.80. The molecule has 110 valence electrons. The van der Waals surface area contributed by atoms with E-state index in [1.165, 1.54) is 5.57 Å². The largest absolute Gasteiger partial charge is 0.501 e. The molecule has 0 amide bonds. The minimum atomic E-state index is 0.374. The van der Waals surface area contributed by atoms with Crippen molar-refractivity contribution in [2.75, 3.05) is 19.8 Å². The predicted molar refractivity (Wildman–Crippen MR) is 81.9 cm³/mol. The van der Waals surface area contributed by atoms with Gasteiger partial charge in [0.2, 0.25) is 0 Å². The third-order valence-corrected chi connectivity index (χ3v) is 3.47. The van der Waals surface area contributed by atoms with Gasteiger partial charge in [0.1, 0.15) is 5.75 Å². The highest BCUT2D eigenvalue weighted by Crippen LogP contribution is 2.18. The fourth-order valence-corrected chi connectivity index (χ4v) is 2.39. The van der Waals surface area contributed by atoms with E-state index < -0.39 is 0 Å². The molecule has 0 spiro atoms. The standard InChI is InChI=1S/C17H25NO2/c1-2-11-18-17(15-7-6-12-19-14-15)10-13-20-16-8-4-3-5-9-16/h3-5,8-9,14,17-18H,2,6-7,10-13H2,1H3. The second-order valence-corrected chi connectivity index (χ2v) is 5.12. The van der Waals surface area contributed by atoms with Crippen molar-refractivity contribution in [3.8, 4) is 5.75 Å². The van der Waals surface area contributed by atoms with Crippen LogP contribution in [0.25, 0.3) is 0 Å². The fraction of sp³-hybridized carbons (Fsp3) is 0.529. The molecule has 0 aromatic heterocycles. The lowest BCUT2D eigenvalue weighted by molar-refractivity contribution is 0.215. The number of ether oxygens (including phenoxy) is 2. The van der Waals surface area contributed by atoms with E-state index in [2.05, 4.69) is 12.2 Å². The topological polar surface area (TPSA) is 30.5 Å². The van der Waals surface area contributed by atoms with Crippen LogP contribution in [0.2, 0.25) is 0 Å². The summed E-state index contributed by atoms with van der Waals surface area (Å²) in [5.41, 5.74) is 1.38. The molecule has 0 fully saturated rings. The van der Waals surface area contributed by atoms with E-state index in [1.54, 1.807) is 0 Å². The normalized spacial score (nSPS) is 16.1. The van der Waals surface area contributed by atoms with Crippen LogP contribution in [-0.2, 0) is 4.74 Å². The molecular formula is C17H25NO2. The van der Waals surface area contributed by atoms with Crippen LogP contribution in [-0.4, -0.2) is 25.8 Å². The highest BCUT2D eigenvalue weighted by atomic mass is 16.5. The van der Waals surface area contributed by atoms with Crippen molar-refractivity contribution < 1.29 is 9.47 Å². The van der Waals surface area contributed by atoms with E-state index in [4.69, 9.17) is 9.47 Å². The van der Waals surface area contributed by atoms with E-state index >= 15 is 0 Å². The SMILES string of the molecule is CCCNC(CCOc1ccccc1)C1=COCCC1. The smallest absolute Gasteiger partial charge is 0.119 e. The van der Waals surface area contributed by atoms with Gasteiger partial charge in [0.15, 0.2) is 0 Å². The van der Waals surface area contributed by atoms with E-state index in [9.17, 15) is 0 Å². The molecule has 0 aliphatic carbocycles. The van der Waals surface area contributed by atoms with Crippen LogP contribution in [0, 0.1) is 0 Å². The summed E-state index contributed by atoms with van der Waals surface area (Å²) in [6.07, 6.45) is 6.32. The Bertz CT molecular complexity index is 403. The zero-order valence-corrected chi connectivity index (χ0v) is 12.3. The predicted octanol–water partition coefficient (Wildman–Crippen LogP) is 3.52. The van der Waals surface area contributed by atoms with Crippen molar-refractivity contribution in [3.63, 3.8) is 0 Å². The minimum Gasteiger partial charge on any atom is -0.501 e. The molecule has 1 aromatic rings. The van der Waals surface area contributed by atoms with Gasteiger partial charge >= 0.3 is 0 Å². The molecule has 0 bridgehead atoms. The first-order chi connectivity index (χ1) is 9.90. The van der Waals surface area contributed by atoms with Crippen molar-refractivity contribution >= 4 is 0 Å². The zero-order valence-electron chi connectivity index (χ0n) is 12.3. The molecule has 20 heavy (non-hydrogen) atoms. The van der Waals surface area contributed by atoms with Crippen LogP contribution in [0.15, 0.2) is 42.2 Å². The quantitative estimate of drug-likeness (QED) is 0.787. The van der Waals surface area contributed by atoms with Gasteiger partial charge in [-0.15, -0.1) is 0 Å². The summed E-state index contributed by atoms with van der Waals surface area (Å²) in [4.78, 5) is 0. The Morgan fingerprint density at radius 2 is 2.15 bits per heavy atom. The molecule has 1 atom stereocenters. The molecule has 1 unspecified atom stereocenters. The van der Waals surface area contributed by atoms with Gasteiger partial charge < -0.3 is 14.8 Å². The molecule has 0 radical (unpaired) electrons. The van der Waals surface area contributed by atoms with Gasteiger partial charge in [0, 0.05) is 12.5 Å². The highest BCUT2D eigenvalue weighted by molar-refractivity contribution is 5.21. The Balaban J connectivity index is 1.82. The summed E-state index contributed by atoms with van der Waals surface area (Å²) in [5.74, 6) is 0.940. The van der Waals surface area contributed by atoms with Crippen molar-refractivity contribution in [1.82, 2.24) is 5.32 Å². The molecule has 1 aliphatic rings. The number of para-hydroxylation sites is 1. The monoisotopic (exact) mass is 275 g/mol. The first kappa shape index (κ1) is 14.9. The molecule has 1 aromatic carbocycles. The molecule has 1 aliphatic heterocycles. The van der Waals surface area contributed by atoms with Crippen LogP contribution in [0.1, 0.15) is 32.6 Å². The first-order valence-electron chi connectivity index (χ1n) is 7.62. The van der Waals surface area contributed by atoms with Crippen LogP contribution < -0.4 is 10.1 Å². The zero-order chi connectivity index (χ0) is 14.0. The molecule has 1 N–H and O–H groups in total. The van der Waals surface area contributed by atoms with E-state index in [1.807, 2.05) is 36.6 Å². The van der Waals surface area contributed by atoms with Gasteiger partial charge in [-0.05, 0) is 43.5 Å². The second-order valence-electron chi connectivity index (χ2n) is 5.12. The Hall–Kier alpha value is -1.48.